The van der Waals surface area contributed by atoms with E-state index in [-0.39, 0.29) is 51.3 Å². The number of carboxylic acid groups (broad SMARTS) is 2. The molecule has 0 atom stereocenters. The van der Waals surface area contributed by atoms with E-state index in [0.29, 0.717) is 0 Å². The standard InChI is InChI=1S/C7H12O4.Li.Na.2H/c1-4(2)7(3,5(8)9)6(10)11;;;;/h4H,1-3H3,(H,8,9)(H,10,11);;;;/q;2*+1;2*-1. The van der Waals surface area contributed by atoms with Gasteiger partial charge in [-0.15, -0.1) is 0 Å². The number of hydrogen-bond donors (Lipinski definition) is 2. The number of carbonyl (C=O) groups is 2. The third-order valence-corrected chi connectivity index (χ3v) is 2.04. The van der Waals surface area contributed by atoms with Gasteiger partial charge in [0.05, 0.1) is 0 Å². The Morgan fingerprint density at radius 3 is 1.46 bits per heavy atom. The van der Waals surface area contributed by atoms with Crippen LogP contribution in [-0.2, 0) is 9.59 Å². The molecule has 0 amide bonds. The minimum atomic E-state index is -1.67. The van der Waals surface area contributed by atoms with Gasteiger partial charge in [0.25, 0.3) is 0 Å². The van der Waals surface area contributed by atoms with Crippen molar-refractivity contribution in [2.45, 2.75) is 20.8 Å². The third-order valence-electron chi connectivity index (χ3n) is 2.04. The van der Waals surface area contributed by atoms with Crippen LogP contribution in [0.1, 0.15) is 23.6 Å². The third kappa shape index (κ3) is 4.05. The van der Waals surface area contributed by atoms with Crippen LogP contribution in [0.4, 0.5) is 0 Å². The van der Waals surface area contributed by atoms with E-state index in [2.05, 4.69) is 0 Å². The molecule has 4 nitrogen and oxygen atoms in total. The van der Waals surface area contributed by atoms with Gasteiger partial charge in [0.1, 0.15) is 0 Å². The molecule has 0 saturated heterocycles. The Kier molecular flexibility index (Phi) is 10.2. The Bertz CT molecular complexity index is 187. The molecule has 0 rings (SSSR count). The number of rotatable bonds is 3. The van der Waals surface area contributed by atoms with E-state index >= 15 is 0 Å². The Morgan fingerprint density at radius 2 is 1.46 bits per heavy atom. The van der Waals surface area contributed by atoms with Gasteiger partial charge in [-0.3, -0.25) is 9.59 Å². The average Bonchev–Trinajstić information content (AvgIpc) is 1.84. The molecule has 0 radical (unpaired) electrons. The van der Waals surface area contributed by atoms with E-state index < -0.39 is 23.3 Å². The summed E-state index contributed by atoms with van der Waals surface area (Å²) in [6.45, 7) is 4.35. The molecule has 0 unspecified atom stereocenters. The van der Waals surface area contributed by atoms with E-state index in [0.717, 1.165) is 0 Å². The fourth-order valence-corrected chi connectivity index (χ4v) is 0.585. The molecule has 0 bridgehead atoms. The minimum absolute atomic E-state index is 0. The molecular formula is C7H14LiNaO4. The van der Waals surface area contributed by atoms with Gasteiger partial charge < -0.3 is 13.1 Å². The Morgan fingerprint density at radius 1 is 1.23 bits per heavy atom. The molecule has 0 aromatic heterocycles. The summed E-state index contributed by atoms with van der Waals surface area (Å²) in [5.74, 6) is -3.00. The molecule has 0 aliphatic heterocycles. The predicted molar refractivity (Wildman–Crippen MR) is 40.4 cm³/mol. The summed E-state index contributed by atoms with van der Waals surface area (Å²) in [4.78, 5) is 21.0. The van der Waals surface area contributed by atoms with Crippen LogP contribution in [0.3, 0.4) is 0 Å². The van der Waals surface area contributed by atoms with Crippen molar-refractivity contribution in [3.05, 3.63) is 0 Å². The summed E-state index contributed by atoms with van der Waals surface area (Å²) in [7, 11) is 0. The molecule has 2 N–H and O–H groups in total. The van der Waals surface area contributed by atoms with Gasteiger partial charge in [0.15, 0.2) is 5.41 Å². The predicted octanol–water partition coefficient (Wildman–Crippen LogP) is -4.95. The summed E-state index contributed by atoms with van der Waals surface area (Å²) in [6, 6.07) is 0. The first-order valence-electron chi connectivity index (χ1n) is 3.30. The molecule has 6 heteroatoms. The average molecular weight is 192 g/mol. The molecule has 0 aromatic carbocycles. The first kappa shape index (κ1) is 19.2. The van der Waals surface area contributed by atoms with Crippen LogP contribution < -0.4 is 48.4 Å². The van der Waals surface area contributed by atoms with E-state index in [9.17, 15) is 9.59 Å². The summed E-state index contributed by atoms with van der Waals surface area (Å²) in [5.41, 5.74) is -1.67. The molecule has 0 heterocycles. The Hall–Kier alpha value is 0.537. The topological polar surface area (TPSA) is 74.6 Å². The van der Waals surface area contributed by atoms with Crippen molar-refractivity contribution in [2.75, 3.05) is 0 Å². The van der Waals surface area contributed by atoms with Gasteiger partial charge in [0.2, 0.25) is 0 Å². The van der Waals surface area contributed by atoms with Crippen LogP contribution in [0.5, 0.6) is 0 Å². The fraction of sp³-hybridized carbons (Fsp3) is 0.714. The maximum atomic E-state index is 10.5. The maximum absolute atomic E-state index is 10.5. The van der Waals surface area contributed by atoms with Crippen molar-refractivity contribution in [2.24, 2.45) is 11.3 Å². The second kappa shape index (κ2) is 6.91. The second-order valence-corrected chi connectivity index (χ2v) is 2.97. The van der Waals surface area contributed by atoms with Gasteiger partial charge in [-0.2, -0.15) is 0 Å². The monoisotopic (exact) mass is 192 g/mol. The fourth-order valence-electron chi connectivity index (χ4n) is 0.585. The molecule has 0 aliphatic rings. The van der Waals surface area contributed by atoms with Crippen molar-refractivity contribution in [3.63, 3.8) is 0 Å². The maximum Gasteiger partial charge on any atom is 1.00 e. The first-order valence-corrected chi connectivity index (χ1v) is 3.30. The van der Waals surface area contributed by atoms with Gasteiger partial charge in [-0.1, -0.05) is 13.8 Å². The van der Waals surface area contributed by atoms with Crippen molar-refractivity contribution in [1.82, 2.24) is 0 Å². The molecule has 0 aliphatic carbocycles. The second-order valence-electron chi connectivity index (χ2n) is 2.97. The summed E-state index contributed by atoms with van der Waals surface area (Å²) >= 11 is 0. The Balaban J connectivity index is -0.0000000833. The molecule has 0 spiro atoms. The van der Waals surface area contributed by atoms with Crippen LogP contribution in [-0.4, -0.2) is 22.2 Å². The normalized spacial score (nSPS) is 9.85. The van der Waals surface area contributed by atoms with Crippen molar-refractivity contribution < 1.29 is 71.1 Å². The zero-order valence-electron chi connectivity index (χ0n) is 10.8. The zero-order valence-corrected chi connectivity index (χ0v) is 10.8. The van der Waals surface area contributed by atoms with Crippen molar-refractivity contribution in [1.29, 1.82) is 0 Å². The van der Waals surface area contributed by atoms with Crippen LogP contribution in [0, 0.1) is 11.3 Å². The summed E-state index contributed by atoms with van der Waals surface area (Å²) in [6.07, 6.45) is 0. The van der Waals surface area contributed by atoms with E-state index in [1.165, 1.54) is 6.92 Å². The Labute approximate surface area is 115 Å². The van der Waals surface area contributed by atoms with E-state index in [1.54, 1.807) is 13.8 Å². The summed E-state index contributed by atoms with van der Waals surface area (Å²) < 4.78 is 0. The van der Waals surface area contributed by atoms with Crippen molar-refractivity contribution in [3.8, 4) is 0 Å². The van der Waals surface area contributed by atoms with Gasteiger partial charge >= 0.3 is 60.4 Å². The van der Waals surface area contributed by atoms with Gasteiger partial charge in [-0.25, -0.2) is 0 Å². The van der Waals surface area contributed by atoms with E-state index in [1.807, 2.05) is 0 Å². The molecule has 0 aromatic rings. The molecule has 13 heavy (non-hydrogen) atoms. The molecular weight excluding hydrogens is 178 g/mol. The first-order chi connectivity index (χ1) is 4.83. The molecule has 68 valence electrons. The quantitative estimate of drug-likeness (QED) is 0.347. The smallest absolute Gasteiger partial charge is 1.00 e. The minimum Gasteiger partial charge on any atom is -1.00 e. The number of hydrogen-bond acceptors (Lipinski definition) is 2. The van der Waals surface area contributed by atoms with Crippen molar-refractivity contribution >= 4 is 11.9 Å². The summed E-state index contributed by atoms with van der Waals surface area (Å²) in [5, 5.41) is 17.2. The van der Waals surface area contributed by atoms with Crippen LogP contribution in [0.15, 0.2) is 0 Å². The number of aliphatic carboxylic acids is 2. The number of carboxylic acids is 2. The largest absolute Gasteiger partial charge is 1.00 e. The van der Waals surface area contributed by atoms with E-state index in [4.69, 9.17) is 10.2 Å². The van der Waals surface area contributed by atoms with Gasteiger partial charge in [0, 0.05) is 0 Å². The molecule has 0 fully saturated rings. The van der Waals surface area contributed by atoms with Gasteiger partial charge in [-0.05, 0) is 12.8 Å². The SMILES string of the molecule is CC(C)C(C)(C(=O)O)C(=O)O.[H-].[H-].[Li+].[Na+]. The van der Waals surface area contributed by atoms with Crippen LogP contribution in [0.2, 0.25) is 0 Å². The molecule has 0 saturated carbocycles. The van der Waals surface area contributed by atoms with Crippen LogP contribution >= 0.6 is 0 Å². The van der Waals surface area contributed by atoms with Crippen LogP contribution in [0.25, 0.3) is 0 Å². The zero-order chi connectivity index (χ0) is 9.23.